The van der Waals surface area contributed by atoms with Crippen LogP contribution in [0.25, 0.3) is 0 Å². The molecule has 3 heteroatoms. The second-order valence-corrected chi connectivity index (χ2v) is 3.09. The summed E-state index contributed by atoms with van der Waals surface area (Å²) < 4.78 is 0. The number of halogens is 1. The standard InChI is InChI=1S/C8H7ClN2/c9-8-2-1-6(4-10)7(3-8)5-11/h1-2,6-8H,3H2. The fourth-order valence-electron chi connectivity index (χ4n) is 1.11. The number of hydrogen-bond donors (Lipinski definition) is 0. The monoisotopic (exact) mass is 166 g/mol. The molecule has 1 aliphatic rings. The molecule has 3 unspecified atom stereocenters. The lowest BCUT2D eigenvalue weighted by molar-refractivity contribution is 0.519. The summed E-state index contributed by atoms with van der Waals surface area (Å²) in [7, 11) is 0. The van der Waals surface area contributed by atoms with Crippen molar-refractivity contribution in [3.8, 4) is 12.1 Å². The Balaban J connectivity index is 2.75. The van der Waals surface area contributed by atoms with Gasteiger partial charge in [0.1, 0.15) is 0 Å². The van der Waals surface area contributed by atoms with E-state index >= 15 is 0 Å². The van der Waals surface area contributed by atoms with Crippen LogP contribution < -0.4 is 0 Å². The van der Waals surface area contributed by atoms with Crippen LogP contribution in [-0.2, 0) is 0 Å². The third-order valence-electron chi connectivity index (χ3n) is 1.75. The van der Waals surface area contributed by atoms with Gasteiger partial charge in [0.25, 0.3) is 0 Å². The van der Waals surface area contributed by atoms with Crippen molar-refractivity contribution in [2.75, 3.05) is 0 Å². The van der Waals surface area contributed by atoms with Crippen molar-refractivity contribution in [3.05, 3.63) is 12.2 Å². The lowest BCUT2D eigenvalue weighted by atomic mass is 9.86. The largest absolute Gasteiger partial charge is 0.198 e. The summed E-state index contributed by atoms with van der Waals surface area (Å²) in [5, 5.41) is 17.1. The molecular weight excluding hydrogens is 160 g/mol. The highest BCUT2D eigenvalue weighted by atomic mass is 35.5. The first-order chi connectivity index (χ1) is 5.27. The summed E-state index contributed by atoms with van der Waals surface area (Å²) in [4.78, 5) is 0. The smallest absolute Gasteiger partial charge is 0.0802 e. The van der Waals surface area contributed by atoms with Crippen molar-refractivity contribution in [1.82, 2.24) is 0 Å². The first-order valence-corrected chi connectivity index (χ1v) is 3.83. The van der Waals surface area contributed by atoms with E-state index < -0.39 is 0 Å². The molecule has 0 bridgehead atoms. The minimum absolute atomic E-state index is 0.0794. The van der Waals surface area contributed by atoms with Crippen molar-refractivity contribution >= 4 is 11.6 Å². The zero-order valence-corrected chi connectivity index (χ0v) is 6.62. The van der Waals surface area contributed by atoms with Gasteiger partial charge in [0.15, 0.2) is 0 Å². The molecule has 0 aromatic rings. The van der Waals surface area contributed by atoms with Crippen LogP contribution in [0.3, 0.4) is 0 Å². The zero-order valence-electron chi connectivity index (χ0n) is 5.87. The third-order valence-corrected chi connectivity index (χ3v) is 2.08. The highest BCUT2D eigenvalue weighted by Gasteiger charge is 2.24. The highest BCUT2D eigenvalue weighted by molar-refractivity contribution is 6.21. The van der Waals surface area contributed by atoms with Crippen LogP contribution in [0.1, 0.15) is 6.42 Å². The molecule has 0 saturated heterocycles. The van der Waals surface area contributed by atoms with E-state index in [-0.39, 0.29) is 17.2 Å². The summed E-state index contributed by atoms with van der Waals surface area (Å²) >= 11 is 5.77. The molecule has 0 radical (unpaired) electrons. The Morgan fingerprint density at radius 1 is 1.27 bits per heavy atom. The van der Waals surface area contributed by atoms with Crippen molar-refractivity contribution in [3.63, 3.8) is 0 Å². The van der Waals surface area contributed by atoms with Crippen LogP contribution in [-0.4, -0.2) is 5.38 Å². The first kappa shape index (κ1) is 8.11. The molecule has 0 aromatic carbocycles. The van der Waals surface area contributed by atoms with Crippen LogP contribution >= 0.6 is 11.6 Å². The van der Waals surface area contributed by atoms with Gasteiger partial charge in [0.2, 0.25) is 0 Å². The Labute approximate surface area is 70.7 Å². The molecule has 0 aromatic heterocycles. The van der Waals surface area contributed by atoms with Crippen molar-refractivity contribution < 1.29 is 0 Å². The van der Waals surface area contributed by atoms with Gasteiger partial charge in [-0.2, -0.15) is 10.5 Å². The molecule has 1 rings (SSSR count). The van der Waals surface area contributed by atoms with Crippen LogP contribution in [0.5, 0.6) is 0 Å². The normalized spacial score (nSPS) is 35.7. The van der Waals surface area contributed by atoms with E-state index in [0.717, 1.165) is 0 Å². The maximum absolute atomic E-state index is 8.62. The maximum atomic E-state index is 8.62. The van der Waals surface area contributed by atoms with Crippen LogP contribution in [0.2, 0.25) is 0 Å². The van der Waals surface area contributed by atoms with Gasteiger partial charge < -0.3 is 0 Å². The molecular formula is C8H7ClN2. The van der Waals surface area contributed by atoms with Crippen LogP contribution in [0.4, 0.5) is 0 Å². The molecule has 0 heterocycles. The molecule has 3 atom stereocenters. The molecule has 0 saturated carbocycles. The van der Waals surface area contributed by atoms with Gasteiger partial charge in [-0.1, -0.05) is 12.2 Å². The van der Waals surface area contributed by atoms with Gasteiger partial charge in [-0.3, -0.25) is 0 Å². The summed E-state index contributed by atoms with van der Waals surface area (Å²) in [6.45, 7) is 0. The Kier molecular flexibility index (Phi) is 2.52. The predicted octanol–water partition coefficient (Wildman–Crippen LogP) is 1.83. The quantitative estimate of drug-likeness (QED) is 0.407. The van der Waals surface area contributed by atoms with E-state index in [1.807, 2.05) is 0 Å². The number of allylic oxidation sites excluding steroid dienone is 2. The molecule has 0 fully saturated rings. The summed E-state index contributed by atoms with van der Waals surface area (Å²) in [5.74, 6) is -0.498. The second kappa shape index (κ2) is 3.42. The van der Waals surface area contributed by atoms with Gasteiger partial charge in [0.05, 0.1) is 29.4 Å². The molecule has 0 aliphatic heterocycles. The van der Waals surface area contributed by atoms with Gasteiger partial charge in [-0.05, 0) is 6.42 Å². The minimum atomic E-state index is -0.269. The highest BCUT2D eigenvalue weighted by Crippen LogP contribution is 2.26. The summed E-state index contributed by atoms with van der Waals surface area (Å²) in [5.41, 5.74) is 0. The Morgan fingerprint density at radius 3 is 2.55 bits per heavy atom. The number of nitriles is 2. The van der Waals surface area contributed by atoms with Gasteiger partial charge >= 0.3 is 0 Å². The average molecular weight is 167 g/mol. The van der Waals surface area contributed by atoms with Gasteiger partial charge in [0, 0.05) is 0 Å². The number of rotatable bonds is 0. The maximum Gasteiger partial charge on any atom is 0.0802 e. The molecule has 0 spiro atoms. The third kappa shape index (κ3) is 1.73. The molecule has 56 valence electrons. The number of nitrogens with zero attached hydrogens (tertiary/aromatic N) is 2. The van der Waals surface area contributed by atoms with E-state index in [0.29, 0.717) is 6.42 Å². The zero-order chi connectivity index (χ0) is 8.27. The Bertz CT molecular complexity index is 246. The first-order valence-electron chi connectivity index (χ1n) is 3.39. The molecule has 0 amide bonds. The van der Waals surface area contributed by atoms with Crippen LogP contribution in [0.15, 0.2) is 12.2 Å². The molecule has 2 nitrogen and oxygen atoms in total. The van der Waals surface area contributed by atoms with E-state index in [1.54, 1.807) is 12.2 Å². The predicted molar refractivity (Wildman–Crippen MR) is 41.6 cm³/mol. The van der Waals surface area contributed by atoms with Crippen LogP contribution in [0, 0.1) is 34.5 Å². The van der Waals surface area contributed by atoms with E-state index in [4.69, 9.17) is 22.1 Å². The number of hydrogen-bond acceptors (Lipinski definition) is 2. The lowest BCUT2D eigenvalue weighted by Crippen LogP contribution is -2.18. The Morgan fingerprint density at radius 2 is 2.00 bits per heavy atom. The van der Waals surface area contributed by atoms with Crippen molar-refractivity contribution in [1.29, 1.82) is 10.5 Å². The Hall–Kier alpha value is -0.990. The van der Waals surface area contributed by atoms with E-state index in [1.165, 1.54) is 0 Å². The fourth-order valence-corrected chi connectivity index (χ4v) is 1.38. The minimum Gasteiger partial charge on any atom is -0.198 e. The van der Waals surface area contributed by atoms with Gasteiger partial charge in [-0.15, -0.1) is 11.6 Å². The SMILES string of the molecule is N#CC1C=CC(Cl)CC1C#N. The second-order valence-electron chi connectivity index (χ2n) is 2.53. The summed E-state index contributed by atoms with van der Waals surface area (Å²) in [6, 6.07) is 4.13. The van der Waals surface area contributed by atoms with E-state index in [2.05, 4.69) is 12.1 Å². The van der Waals surface area contributed by atoms with Crippen molar-refractivity contribution in [2.45, 2.75) is 11.8 Å². The van der Waals surface area contributed by atoms with E-state index in [9.17, 15) is 0 Å². The fraction of sp³-hybridized carbons (Fsp3) is 0.500. The molecule has 1 aliphatic carbocycles. The topological polar surface area (TPSA) is 47.6 Å². The average Bonchev–Trinajstić information content (AvgIpc) is 2.04. The summed E-state index contributed by atoms with van der Waals surface area (Å²) in [6.07, 6.45) is 4.09. The van der Waals surface area contributed by atoms with Gasteiger partial charge in [-0.25, -0.2) is 0 Å². The molecule has 0 N–H and O–H groups in total. The lowest BCUT2D eigenvalue weighted by Gasteiger charge is -2.18. The molecule has 11 heavy (non-hydrogen) atoms. The number of alkyl halides is 1. The van der Waals surface area contributed by atoms with Crippen molar-refractivity contribution in [2.24, 2.45) is 11.8 Å².